The molecule has 0 spiro atoms. The first kappa shape index (κ1) is 8.26. The maximum atomic E-state index is 4.13. The quantitative estimate of drug-likeness (QED) is 0.784. The van der Waals surface area contributed by atoms with E-state index in [-0.39, 0.29) is 0 Å². The van der Waals surface area contributed by atoms with Gasteiger partial charge in [0.1, 0.15) is 5.82 Å². The van der Waals surface area contributed by atoms with Crippen LogP contribution >= 0.6 is 15.9 Å². The van der Waals surface area contributed by atoms with Gasteiger partial charge in [0.2, 0.25) is 5.95 Å². The van der Waals surface area contributed by atoms with E-state index in [0.29, 0.717) is 5.95 Å². The molecule has 0 aliphatic rings. The molecule has 0 aromatic carbocycles. The minimum atomic E-state index is 0.609. The van der Waals surface area contributed by atoms with Gasteiger partial charge in [0.05, 0.1) is 4.47 Å². The first-order chi connectivity index (χ1) is 5.27. The molecule has 11 heavy (non-hydrogen) atoms. The second-order valence-corrected chi connectivity index (χ2v) is 2.74. The number of anilines is 2. The van der Waals surface area contributed by atoms with Crippen LogP contribution in [-0.4, -0.2) is 24.1 Å². The first-order valence-electron chi connectivity index (χ1n) is 3.16. The Morgan fingerprint density at radius 2 is 2.09 bits per heavy atom. The zero-order chi connectivity index (χ0) is 8.27. The largest absolute Gasteiger partial charge is 0.372 e. The Kier molecular flexibility index (Phi) is 2.64. The molecular weight excluding hydrogens is 208 g/mol. The molecule has 0 atom stereocenters. The molecule has 0 fully saturated rings. The second kappa shape index (κ2) is 3.52. The summed E-state index contributed by atoms with van der Waals surface area (Å²) < 4.78 is 0.860. The molecule has 1 aromatic heterocycles. The maximum Gasteiger partial charge on any atom is 0.224 e. The lowest BCUT2D eigenvalue weighted by Gasteiger charge is -2.03. The van der Waals surface area contributed by atoms with Crippen LogP contribution in [0.15, 0.2) is 10.7 Å². The highest BCUT2D eigenvalue weighted by atomic mass is 79.9. The Bertz CT molecular complexity index is 250. The highest BCUT2D eigenvalue weighted by Crippen LogP contribution is 2.18. The minimum Gasteiger partial charge on any atom is -0.372 e. The lowest BCUT2D eigenvalue weighted by Crippen LogP contribution is -2.00. The number of rotatable bonds is 2. The van der Waals surface area contributed by atoms with Gasteiger partial charge in [-0.25, -0.2) is 4.98 Å². The van der Waals surface area contributed by atoms with Gasteiger partial charge in [-0.15, -0.1) is 0 Å². The van der Waals surface area contributed by atoms with Gasteiger partial charge in [-0.2, -0.15) is 4.98 Å². The van der Waals surface area contributed by atoms with Gasteiger partial charge in [-0.05, 0) is 15.9 Å². The summed E-state index contributed by atoms with van der Waals surface area (Å²) in [7, 11) is 3.59. The summed E-state index contributed by atoms with van der Waals surface area (Å²) in [5.41, 5.74) is 0. The molecule has 4 nitrogen and oxygen atoms in total. The van der Waals surface area contributed by atoms with Crippen LogP contribution in [0.25, 0.3) is 0 Å². The minimum absolute atomic E-state index is 0.609. The van der Waals surface area contributed by atoms with Crippen LogP contribution < -0.4 is 10.6 Å². The topological polar surface area (TPSA) is 49.8 Å². The Balaban J connectivity index is 3.02. The molecule has 5 heteroatoms. The highest BCUT2D eigenvalue weighted by molar-refractivity contribution is 9.10. The van der Waals surface area contributed by atoms with Crippen molar-refractivity contribution in [2.24, 2.45) is 0 Å². The van der Waals surface area contributed by atoms with Crippen molar-refractivity contribution in [1.82, 2.24) is 9.97 Å². The Labute approximate surface area is 73.6 Å². The molecule has 1 rings (SSSR count). The van der Waals surface area contributed by atoms with E-state index in [4.69, 9.17) is 0 Å². The Morgan fingerprint density at radius 3 is 2.64 bits per heavy atom. The van der Waals surface area contributed by atoms with Crippen LogP contribution in [0.2, 0.25) is 0 Å². The number of nitrogens with zero attached hydrogens (tertiary/aromatic N) is 2. The molecular formula is C6H9BrN4. The monoisotopic (exact) mass is 216 g/mol. The van der Waals surface area contributed by atoms with Crippen LogP contribution in [0.3, 0.4) is 0 Å². The second-order valence-electron chi connectivity index (χ2n) is 1.89. The molecule has 0 aliphatic carbocycles. The van der Waals surface area contributed by atoms with Crippen molar-refractivity contribution in [2.45, 2.75) is 0 Å². The van der Waals surface area contributed by atoms with Crippen molar-refractivity contribution in [2.75, 3.05) is 24.7 Å². The number of hydrogen-bond acceptors (Lipinski definition) is 4. The SMILES string of the molecule is CNc1ncc(Br)c(NC)n1. The lowest BCUT2D eigenvalue weighted by molar-refractivity contribution is 1.13. The summed E-state index contributed by atoms with van der Waals surface area (Å²) in [6, 6.07) is 0. The van der Waals surface area contributed by atoms with Crippen molar-refractivity contribution in [1.29, 1.82) is 0 Å². The van der Waals surface area contributed by atoms with Crippen LogP contribution in [0, 0.1) is 0 Å². The molecule has 0 amide bonds. The zero-order valence-electron chi connectivity index (χ0n) is 6.35. The van der Waals surface area contributed by atoms with E-state index < -0.39 is 0 Å². The fraction of sp³-hybridized carbons (Fsp3) is 0.333. The predicted molar refractivity (Wildman–Crippen MR) is 48.8 cm³/mol. The molecule has 60 valence electrons. The lowest BCUT2D eigenvalue weighted by atomic mass is 10.6. The molecule has 0 bridgehead atoms. The summed E-state index contributed by atoms with van der Waals surface area (Å²) in [6.07, 6.45) is 1.70. The third-order valence-corrected chi connectivity index (χ3v) is 1.78. The smallest absolute Gasteiger partial charge is 0.224 e. The number of nitrogens with one attached hydrogen (secondary N) is 2. The average molecular weight is 217 g/mol. The van der Waals surface area contributed by atoms with Crippen molar-refractivity contribution in [3.8, 4) is 0 Å². The summed E-state index contributed by atoms with van der Waals surface area (Å²) in [4.78, 5) is 8.13. The summed E-state index contributed by atoms with van der Waals surface area (Å²) >= 11 is 3.30. The van der Waals surface area contributed by atoms with Gasteiger partial charge in [-0.1, -0.05) is 0 Å². The first-order valence-corrected chi connectivity index (χ1v) is 3.95. The average Bonchev–Trinajstić information content (AvgIpc) is 2.05. The zero-order valence-corrected chi connectivity index (χ0v) is 7.94. The Hall–Kier alpha value is -0.840. The predicted octanol–water partition coefficient (Wildman–Crippen LogP) is 1.32. The van der Waals surface area contributed by atoms with Crippen LogP contribution in [0.1, 0.15) is 0 Å². The molecule has 1 heterocycles. The standard InChI is InChI=1S/C6H9BrN4/c1-8-5-4(7)3-10-6(9-2)11-5/h3H,1-2H3,(H2,8,9,10,11). The summed E-state index contributed by atoms with van der Waals surface area (Å²) in [5, 5.41) is 5.78. The van der Waals surface area contributed by atoms with Crippen LogP contribution in [0.4, 0.5) is 11.8 Å². The van der Waals surface area contributed by atoms with Crippen molar-refractivity contribution >= 4 is 27.7 Å². The molecule has 0 aliphatic heterocycles. The molecule has 1 aromatic rings. The van der Waals surface area contributed by atoms with Crippen LogP contribution in [0.5, 0.6) is 0 Å². The number of hydrogen-bond donors (Lipinski definition) is 2. The van der Waals surface area contributed by atoms with E-state index in [9.17, 15) is 0 Å². The van der Waals surface area contributed by atoms with E-state index in [1.165, 1.54) is 0 Å². The fourth-order valence-corrected chi connectivity index (χ4v) is 1.05. The highest BCUT2D eigenvalue weighted by Gasteiger charge is 1.99. The third-order valence-electron chi connectivity index (χ3n) is 1.20. The van der Waals surface area contributed by atoms with Gasteiger partial charge >= 0.3 is 0 Å². The van der Waals surface area contributed by atoms with Gasteiger partial charge in [-0.3, -0.25) is 0 Å². The van der Waals surface area contributed by atoms with Crippen molar-refractivity contribution in [3.63, 3.8) is 0 Å². The normalized spacial score (nSPS) is 9.36. The summed E-state index contributed by atoms with van der Waals surface area (Å²) in [6.45, 7) is 0. The van der Waals surface area contributed by atoms with Gasteiger partial charge in [0, 0.05) is 20.3 Å². The van der Waals surface area contributed by atoms with Gasteiger partial charge in [0.15, 0.2) is 0 Å². The molecule has 0 unspecified atom stereocenters. The van der Waals surface area contributed by atoms with Gasteiger partial charge in [0.25, 0.3) is 0 Å². The van der Waals surface area contributed by atoms with E-state index in [2.05, 4.69) is 36.5 Å². The van der Waals surface area contributed by atoms with E-state index >= 15 is 0 Å². The molecule has 0 saturated heterocycles. The molecule has 2 N–H and O–H groups in total. The van der Waals surface area contributed by atoms with Crippen LogP contribution in [-0.2, 0) is 0 Å². The van der Waals surface area contributed by atoms with Crippen molar-refractivity contribution in [3.05, 3.63) is 10.7 Å². The third kappa shape index (κ3) is 1.80. The Morgan fingerprint density at radius 1 is 1.36 bits per heavy atom. The van der Waals surface area contributed by atoms with Crippen molar-refractivity contribution < 1.29 is 0 Å². The van der Waals surface area contributed by atoms with Gasteiger partial charge < -0.3 is 10.6 Å². The number of aromatic nitrogens is 2. The summed E-state index contributed by atoms with van der Waals surface area (Å²) in [5.74, 6) is 1.39. The fourth-order valence-electron chi connectivity index (χ4n) is 0.663. The number of halogens is 1. The van der Waals surface area contributed by atoms with E-state index in [1.807, 2.05) is 7.05 Å². The van der Waals surface area contributed by atoms with E-state index in [0.717, 1.165) is 10.3 Å². The van der Waals surface area contributed by atoms with E-state index in [1.54, 1.807) is 13.2 Å². The molecule has 0 saturated carbocycles. The molecule has 0 radical (unpaired) electrons. The maximum absolute atomic E-state index is 4.13.